The number of carbonyl (C=O) groups is 2. The number of halogens is 3. The molecule has 2 aliphatic rings. The van der Waals surface area contributed by atoms with Crippen LogP contribution in [0, 0.1) is 23.8 Å². The summed E-state index contributed by atoms with van der Waals surface area (Å²) in [4.78, 5) is 34.2. The van der Waals surface area contributed by atoms with Crippen LogP contribution in [0.5, 0.6) is 0 Å². The van der Waals surface area contributed by atoms with Crippen molar-refractivity contribution in [1.82, 2.24) is 9.80 Å². The van der Waals surface area contributed by atoms with Crippen LogP contribution in [-0.2, 0) is 16.0 Å². The summed E-state index contributed by atoms with van der Waals surface area (Å²) in [5.41, 5.74) is -1.84. The minimum atomic E-state index is -4.75. The fourth-order valence-electron chi connectivity index (χ4n) is 5.15. The number of nitriles is 1. The van der Waals surface area contributed by atoms with Gasteiger partial charge in [0.15, 0.2) is 9.84 Å². The molecule has 0 radical (unpaired) electrons. The molecule has 0 aliphatic carbocycles. The lowest BCUT2D eigenvalue weighted by Gasteiger charge is -2.44. The van der Waals surface area contributed by atoms with Crippen molar-refractivity contribution in [3.8, 4) is 6.07 Å². The zero-order valence-electron chi connectivity index (χ0n) is 22.8. The van der Waals surface area contributed by atoms with E-state index in [4.69, 9.17) is 6.57 Å². The number of piperidine rings is 1. The molecule has 10 nitrogen and oxygen atoms in total. The molecule has 2 aliphatic heterocycles. The number of amides is 4. The number of urea groups is 2. The molecule has 2 unspecified atom stereocenters. The third kappa shape index (κ3) is 5.55. The third-order valence-corrected chi connectivity index (χ3v) is 8.50. The highest BCUT2D eigenvalue weighted by Crippen LogP contribution is 2.43. The second-order valence-electron chi connectivity index (χ2n) is 10.2. The van der Waals surface area contributed by atoms with Crippen LogP contribution >= 0.6 is 0 Å². The van der Waals surface area contributed by atoms with Gasteiger partial charge in [0.1, 0.15) is 6.04 Å². The molecule has 4 rings (SSSR count). The van der Waals surface area contributed by atoms with Gasteiger partial charge in [-0.1, -0.05) is 19.1 Å². The van der Waals surface area contributed by atoms with Gasteiger partial charge in [0.05, 0.1) is 34.8 Å². The van der Waals surface area contributed by atoms with Crippen LogP contribution in [0.4, 0.5) is 28.4 Å². The maximum atomic E-state index is 14.2. The summed E-state index contributed by atoms with van der Waals surface area (Å²) < 4.78 is 66.4. The molecule has 1 fully saturated rings. The Kier molecular flexibility index (Phi) is 8.09. The highest BCUT2D eigenvalue weighted by atomic mass is 32.2. The van der Waals surface area contributed by atoms with Crippen molar-refractivity contribution in [1.29, 1.82) is 5.26 Å². The van der Waals surface area contributed by atoms with E-state index >= 15 is 0 Å². The number of rotatable bonds is 3. The zero-order chi connectivity index (χ0) is 31.1. The molecule has 2 heterocycles. The van der Waals surface area contributed by atoms with Gasteiger partial charge >= 0.3 is 18.2 Å². The quantitative estimate of drug-likeness (QED) is 0.497. The molecule has 0 bridgehead atoms. The largest absolute Gasteiger partial charge is 0.416 e. The van der Waals surface area contributed by atoms with Gasteiger partial charge in [0.2, 0.25) is 5.70 Å². The Hall–Kier alpha value is -4.40. The molecule has 0 spiro atoms. The summed E-state index contributed by atoms with van der Waals surface area (Å²) in [5, 5.41) is 19.6. The molecule has 1 saturated heterocycles. The first-order chi connectivity index (χ1) is 19.6. The Morgan fingerprint density at radius 1 is 1.21 bits per heavy atom. The second kappa shape index (κ2) is 11.1. The molecular weight excluding hydrogens is 575 g/mol. The molecule has 2 aromatic rings. The fourth-order valence-corrected chi connectivity index (χ4v) is 6.10. The van der Waals surface area contributed by atoms with Crippen LogP contribution in [0.25, 0.3) is 4.85 Å². The van der Waals surface area contributed by atoms with Gasteiger partial charge in [-0.05, 0) is 55.2 Å². The van der Waals surface area contributed by atoms with Gasteiger partial charge in [-0.2, -0.15) is 18.4 Å². The van der Waals surface area contributed by atoms with Crippen molar-refractivity contribution >= 4 is 27.6 Å². The molecule has 4 amide bonds. The van der Waals surface area contributed by atoms with Crippen LogP contribution in [0.3, 0.4) is 0 Å². The van der Waals surface area contributed by atoms with Gasteiger partial charge in [0.25, 0.3) is 0 Å². The van der Waals surface area contributed by atoms with E-state index in [2.05, 4.69) is 4.85 Å². The van der Waals surface area contributed by atoms with Crippen LogP contribution in [0.15, 0.2) is 58.8 Å². The van der Waals surface area contributed by atoms with Crippen molar-refractivity contribution in [2.45, 2.75) is 43.5 Å². The van der Waals surface area contributed by atoms with Crippen molar-refractivity contribution in [3.63, 3.8) is 0 Å². The average molecular weight is 602 g/mol. The van der Waals surface area contributed by atoms with Gasteiger partial charge < -0.3 is 10.0 Å². The summed E-state index contributed by atoms with van der Waals surface area (Å²) in [7, 11) is -4.07. The normalized spacial score (nSPS) is 21.7. The van der Waals surface area contributed by atoms with Crippen LogP contribution in [0.1, 0.15) is 43.0 Å². The second-order valence-corrected chi connectivity index (χ2v) is 12.2. The van der Waals surface area contributed by atoms with E-state index in [1.54, 1.807) is 6.92 Å². The van der Waals surface area contributed by atoms with Gasteiger partial charge in [0, 0.05) is 30.7 Å². The van der Waals surface area contributed by atoms with Crippen molar-refractivity contribution < 1.29 is 36.3 Å². The number of aliphatic hydroxyl groups excluding tert-OH is 1. The first kappa shape index (κ1) is 30.6. The maximum absolute atomic E-state index is 14.2. The smallest absolute Gasteiger partial charge is 0.393 e. The van der Waals surface area contributed by atoms with Crippen molar-refractivity contribution in [2.75, 3.05) is 24.2 Å². The minimum absolute atomic E-state index is 0.0197. The van der Waals surface area contributed by atoms with E-state index in [0.717, 1.165) is 35.4 Å². The number of anilines is 1. The zero-order valence-corrected chi connectivity index (χ0v) is 23.6. The van der Waals surface area contributed by atoms with Crippen molar-refractivity contribution in [3.05, 3.63) is 82.0 Å². The Morgan fingerprint density at radius 3 is 2.48 bits per heavy atom. The fraction of sp³-hybridized carbons (Fsp3) is 0.357. The number of hydrogen-bond donors (Lipinski definition) is 1. The number of likely N-dealkylation sites (tertiary alicyclic amines) is 1. The topological polar surface area (TPSA) is 126 Å². The number of carbonyl (C=O) groups excluding carboxylic acids is 2. The van der Waals surface area contributed by atoms with E-state index in [1.807, 2.05) is 6.07 Å². The number of sulfone groups is 1. The predicted octanol–water partition coefficient (Wildman–Crippen LogP) is 4.94. The summed E-state index contributed by atoms with van der Waals surface area (Å²) in [6.45, 7) is 11.1. The SMILES string of the molecule is [C-]#[N+]C1=C(C)N(c2cccc(C(F)(F)F)c2)C(=O)N(C(=O)N2CCC(O)C(C)C2)[C@@H]1c1ccc(C#N)cc1S(C)(=O)=O. The van der Waals surface area contributed by atoms with Gasteiger partial charge in [-0.25, -0.2) is 27.8 Å². The number of hydrogen-bond acceptors (Lipinski definition) is 6. The molecule has 220 valence electrons. The van der Waals surface area contributed by atoms with Gasteiger partial charge in [-0.3, -0.25) is 4.90 Å². The van der Waals surface area contributed by atoms with Crippen LogP contribution in [0.2, 0.25) is 0 Å². The number of alkyl halides is 3. The molecule has 0 aromatic heterocycles. The van der Waals surface area contributed by atoms with Gasteiger partial charge in [-0.15, -0.1) is 0 Å². The Morgan fingerprint density at radius 2 is 1.90 bits per heavy atom. The summed E-state index contributed by atoms with van der Waals surface area (Å²) in [6.07, 6.45) is -4.39. The summed E-state index contributed by atoms with van der Waals surface area (Å²) >= 11 is 0. The van der Waals surface area contributed by atoms with Crippen LogP contribution < -0.4 is 4.90 Å². The Bertz CT molecular complexity index is 1680. The first-order valence-corrected chi connectivity index (χ1v) is 14.6. The van der Waals surface area contributed by atoms with Crippen LogP contribution in [-0.4, -0.2) is 60.8 Å². The number of imide groups is 1. The predicted molar refractivity (Wildman–Crippen MR) is 144 cm³/mol. The maximum Gasteiger partial charge on any atom is 0.416 e. The molecule has 42 heavy (non-hydrogen) atoms. The van der Waals surface area contributed by atoms with E-state index < -0.39 is 45.8 Å². The van der Waals surface area contributed by atoms with E-state index in [9.17, 15) is 41.5 Å². The molecular formula is C28H26F3N5O5S. The summed E-state index contributed by atoms with van der Waals surface area (Å²) in [5.74, 6) is -0.375. The monoisotopic (exact) mass is 601 g/mol. The summed E-state index contributed by atoms with van der Waals surface area (Å²) in [6, 6.07) is 5.69. The Labute approximate surface area is 240 Å². The average Bonchev–Trinajstić information content (AvgIpc) is 2.93. The first-order valence-electron chi connectivity index (χ1n) is 12.7. The van der Waals surface area contributed by atoms with Crippen molar-refractivity contribution in [2.24, 2.45) is 5.92 Å². The lowest BCUT2D eigenvalue weighted by atomic mass is 9.95. The highest BCUT2D eigenvalue weighted by molar-refractivity contribution is 7.90. The standard InChI is InChI=1S/C28H26F3N5O5S/c1-16-15-34(11-10-22(16)37)26(38)36-25(21-9-8-18(14-32)12-23(21)42(4,40)41)24(33-3)17(2)35(27(36)39)20-7-5-6-19(13-20)28(29,30)31/h5-9,12-13,16,22,25,37H,10-11,15H2,1-2,4H3/t16?,22?,25-/m1/s1. The number of benzene rings is 2. The lowest BCUT2D eigenvalue weighted by molar-refractivity contribution is -0.137. The molecule has 2 aromatic carbocycles. The number of nitrogens with zero attached hydrogens (tertiary/aromatic N) is 5. The molecule has 1 N–H and O–H groups in total. The molecule has 0 saturated carbocycles. The Balaban J connectivity index is 2.00. The molecule has 14 heteroatoms. The molecule has 3 atom stereocenters. The number of allylic oxidation sites excluding steroid dienone is 1. The van der Waals surface area contributed by atoms with E-state index in [1.165, 1.54) is 30.0 Å². The van der Waals surface area contributed by atoms with E-state index in [0.29, 0.717) is 4.90 Å². The highest BCUT2D eigenvalue weighted by Gasteiger charge is 2.47. The lowest BCUT2D eigenvalue weighted by Crippen LogP contribution is -2.58. The number of aliphatic hydroxyl groups is 1. The third-order valence-electron chi connectivity index (χ3n) is 7.35. The minimum Gasteiger partial charge on any atom is -0.393 e. The van der Waals surface area contributed by atoms with E-state index in [-0.39, 0.29) is 58.5 Å².